The molecule has 0 bridgehead atoms. The molecule has 1 unspecified atom stereocenters. The molecule has 0 saturated carbocycles. The zero-order chi connectivity index (χ0) is 10.7. The van der Waals surface area contributed by atoms with E-state index in [2.05, 4.69) is 0 Å². The number of hydrogen-bond donors (Lipinski definition) is 2. The lowest BCUT2D eigenvalue weighted by molar-refractivity contribution is -0.256. The number of hydrogen-bond acceptors (Lipinski definition) is 6. The van der Waals surface area contributed by atoms with Crippen molar-refractivity contribution in [2.45, 2.75) is 18.7 Å². The number of aliphatic hydroxyl groups excluding tert-OH is 2. The highest BCUT2D eigenvalue weighted by Crippen LogP contribution is 2.26. The van der Waals surface area contributed by atoms with Crippen LogP contribution in [0.3, 0.4) is 0 Å². The molecular weight excluding hydrogens is 192 g/mol. The highest BCUT2D eigenvalue weighted by atomic mass is 16.7. The van der Waals surface area contributed by atoms with Gasteiger partial charge in [0.2, 0.25) is 6.29 Å². The van der Waals surface area contributed by atoms with Gasteiger partial charge in [-0.3, -0.25) is 0 Å². The molecule has 6 nitrogen and oxygen atoms in total. The highest BCUT2D eigenvalue weighted by Gasteiger charge is 2.38. The Hall–Kier alpha value is -0.820. The monoisotopic (exact) mass is 206 g/mol. The Morgan fingerprint density at radius 3 is 2.07 bits per heavy atom. The summed E-state index contributed by atoms with van der Waals surface area (Å²) >= 11 is 0. The molecule has 0 aliphatic carbocycles. The largest absolute Gasteiger partial charge is 0.494 e. The number of aliphatic hydroxyl groups is 2. The third kappa shape index (κ3) is 1.83. The topological polar surface area (TPSA) is 77.4 Å². The van der Waals surface area contributed by atoms with E-state index in [0.717, 1.165) is 0 Å². The van der Waals surface area contributed by atoms with Gasteiger partial charge in [0.25, 0.3) is 0 Å². The molecule has 0 fully saturated rings. The SMILES string of the molecule is COC1=C(OC)[C@H](OC)C(O)O[C@H]1O. The molecule has 14 heavy (non-hydrogen) atoms. The quantitative estimate of drug-likeness (QED) is 0.627. The Bertz CT molecular complexity index is 226. The fourth-order valence-electron chi connectivity index (χ4n) is 1.30. The second-order valence-electron chi connectivity index (χ2n) is 2.67. The maximum absolute atomic E-state index is 9.38. The van der Waals surface area contributed by atoms with Crippen LogP contribution in [0.5, 0.6) is 0 Å². The lowest BCUT2D eigenvalue weighted by Gasteiger charge is -2.32. The highest BCUT2D eigenvalue weighted by molar-refractivity contribution is 5.13. The Morgan fingerprint density at radius 2 is 1.64 bits per heavy atom. The maximum Gasteiger partial charge on any atom is 0.220 e. The lowest BCUT2D eigenvalue weighted by Crippen LogP contribution is -2.43. The van der Waals surface area contributed by atoms with Crippen molar-refractivity contribution in [3.05, 3.63) is 11.5 Å². The first-order valence-electron chi connectivity index (χ1n) is 4.02. The van der Waals surface area contributed by atoms with Crippen LogP contribution in [-0.4, -0.2) is 50.2 Å². The van der Waals surface area contributed by atoms with Gasteiger partial charge in [0.05, 0.1) is 14.2 Å². The molecule has 1 aliphatic heterocycles. The van der Waals surface area contributed by atoms with E-state index in [1.807, 2.05) is 0 Å². The number of rotatable bonds is 3. The minimum Gasteiger partial charge on any atom is -0.494 e. The second kappa shape index (κ2) is 4.61. The molecule has 3 atom stereocenters. The van der Waals surface area contributed by atoms with Crippen molar-refractivity contribution in [2.75, 3.05) is 21.3 Å². The first kappa shape index (κ1) is 11.3. The van der Waals surface area contributed by atoms with Gasteiger partial charge in [0, 0.05) is 7.11 Å². The molecule has 1 aliphatic rings. The van der Waals surface area contributed by atoms with E-state index in [1.165, 1.54) is 21.3 Å². The molecule has 0 radical (unpaired) electrons. The van der Waals surface area contributed by atoms with Crippen molar-refractivity contribution in [1.82, 2.24) is 0 Å². The lowest BCUT2D eigenvalue weighted by atomic mass is 10.2. The summed E-state index contributed by atoms with van der Waals surface area (Å²) in [7, 11) is 4.15. The first-order valence-corrected chi connectivity index (χ1v) is 4.02. The third-order valence-electron chi connectivity index (χ3n) is 1.95. The summed E-state index contributed by atoms with van der Waals surface area (Å²) in [4.78, 5) is 0. The summed E-state index contributed by atoms with van der Waals surface area (Å²) < 4.78 is 19.5. The van der Waals surface area contributed by atoms with E-state index >= 15 is 0 Å². The Balaban J connectivity index is 3.01. The van der Waals surface area contributed by atoms with E-state index < -0.39 is 18.7 Å². The van der Waals surface area contributed by atoms with Crippen LogP contribution in [0.25, 0.3) is 0 Å². The minimum absolute atomic E-state index is 0.102. The van der Waals surface area contributed by atoms with Crippen LogP contribution in [0.2, 0.25) is 0 Å². The number of ether oxygens (including phenoxy) is 4. The molecule has 0 aromatic carbocycles. The van der Waals surface area contributed by atoms with Gasteiger partial charge >= 0.3 is 0 Å². The van der Waals surface area contributed by atoms with E-state index in [0.29, 0.717) is 0 Å². The average molecular weight is 206 g/mol. The molecule has 1 rings (SSSR count). The summed E-state index contributed by atoms with van der Waals surface area (Å²) in [5.74, 6) is 0.325. The van der Waals surface area contributed by atoms with Crippen LogP contribution in [0, 0.1) is 0 Å². The van der Waals surface area contributed by atoms with Gasteiger partial charge < -0.3 is 29.2 Å². The van der Waals surface area contributed by atoms with Crippen LogP contribution in [-0.2, 0) is 18.9 Å². The van der Waals surface area contributed by atoms with Crippen molar-refractivity contribution < 1.29 is 29.2 Å². The molecule has 0 amide bonds. The normalized spacial score (nSPS) is 33.1. The van der Waals surface area contributed by atoms with Crippen LogP contribution in [0.1, 0.15) is 0 Å². The van der Waals surface area contributed by atoms with Gasteiger partial charge in [0.15, 0.2) is 23.9 Å². The molecule has 82 valence electrons. The molecule has 0 spiro atoms. The molecule has 0 aromatic rings. The van der Waals surface area contributed by atoms with E-state index in [4.69, 9.17) is 18.9 Å². The molecule has 0 saturated heterocycles. The van der Waals surface area contributed by atoms with E-state index in [1.54, 1.807) is 0 Å². The second-order valence-corrected chi connectivity index (χ2v) is 2.67. The zero-order valence-electron chi connectivity index (χ0n) is 8.26. The fourth-order valence-corrected chi connectivity index (χ4v) is 1.30. The van der Waals surface area contributed by atoms with E-state index in [9.17, 15) is 10.2 Å². The first-order chi connectivity index (χ1) is 6.65. The minimum atomic E-state index is -1.34. The maximum atomic E-state index is 9.38. The molecular formula is C8H14O6. The summed E-state index contributed by atoms with van der Waals surface area (Å²) in [6.07, 6.45) is -3.40. The Labute approximate surface area is 81.6 Å². The van der Waals surface area contributed by atoms with Crippen LogP contribution in [0.4, 0.5) is 0 Å². The predicted octanol–water partition coefficient (Wildman–Crippen LogP) is -0.827. The summed E-state index contributed by atoms with van der Waals surface area (Å²) in [6.45, 7) is 0. The molecule has 1 heterocycles. The van der Waals surface area contributed by atoms with Crippen molar-refractivity contribution >= 4 is 0 Å². The van der Waals surface area contributed by atoms with Gasteiger partial charge in [0.1, 0.15) is 0 Å². The van der Waals surface area contributed by atoms with E-state index in [-0.39, 0.29) is 11.5 Å². The van der Waals surface area contributed by atoms with Crippen molar-refractivity contribution in [3.63, 3.8) is 0 Å². The van der Waals surface area contributed by atoms with Crippen LogP contribution in [0.15, 0.2) is 11.5 Å². The van der Waals surface area contributed by atoms with Gasteiger partial charge in [-0.1, -0.05) is 0 Å². The van der Waals surface area contributed by atoms with Crippen molar-refractivity contribution in [2.24, 2.45) is 0 Å². The Morgan fingerprint density at radius 1 is 1.07 bits per heavy atom. The number of methoxy groups -OCH3 is 3. The van der Waals surface area contributed by atoms with Crippen LogP contribution < -0.4 is 0 Å². The van der Waals surface area contributed by atoms with Crippen LogP contribution >= 0.6 is 0 Å². The van der Waals surface area contributed by atoms with Gasteiger partial charge in [-0.05, 0) is 0 Å². The van der Waals surface area contributed by atoms with Gasteiger partial charge in [-0.25, -0.2) is 0 Å². The van der Waals surface area contributed by atoms with Gasteiger partial charge in [-0.15, -0.1) is 0 Å². The third-order valence-corrected chi connectivity index (χ3v) is 1.95. The zero-order valence-corrected chi connectivity index (χ0v) is 8.26. The summed E-state index contributed by atoms with van der Waals surface area (Å²) in [5.41, 5.74) is 0. The smallest absolute Gasteiger partial charge is 0.220 e. The Kier molecular flexibility index (Phi) is 3.70. The van der Waals surface area contributed by atoms with Crippen molar-refractivity contribution in [1.29, 1.82) is 0 Å². The van der Waals surface area contributed by atoms with Gasteiger partial charge in [-0.2, -0.15) is 0 Å². The standard InChI is InChI=1S/C8H14O6/c1-11-4-5(12-2)7(9)14-8(10)6(4)13-3/h5,7-10H,1-3H3/t5-,7?,8+/m0/s1. The molecule has 2 N–H and O–H groups in total. The predicted molar refractivity (Wildman–Crippen MR) is 44.9 cm³/mol. The summed E-state index contributed by atoms with van der Waals surface area (Å²) in [5, 5.41) is 18.7. The molecule has 6 heteroatoms. The van der Waals surface area contributed by atoms with Crippen molar-refractivity contribution in [3.8, 4) is 0 Å². The average Bonchev–Trinajstić information content (AvgIpc) is 2.16. The summed E-state index contributed by atoms with van der Waals surface area (Å²) in [6, 6.07) is 0. The molecule has 0 aromatic heterocycles. The fraction of sp³-hybridized carbons (Fsp3) is 0.750.